The molecule has 0 saturated carbocycles. The van der Waals surface area contributed by atoms with Crippen LogP contribution in [-0.4, -0.2) is 42.8 Å². The van der Waals surface area contributed by atoms with E-state index in [9.17, 15) is 8.42 Å². The molecule has 6 nitrogen and oxygen atoms in total. The van der Waals surface area contributed by atoms with Crippen LogP contribution >= 0.6 is 11.3 Å². The summed E-state index contributed by atoms with van der Waals surface area (Å²) in [4.78, 5) is 9.05. The van der Waals surface area contributed by atoms with Crippen LogP contribution in [0.25, 0.3) is 11.0 Å². The number of nitrogens with zero attached hydrogens (tertiary/aromatic N) is 3. The number of nitrogens with one attached hydrogen (secondary N) is 1. The van der Waals surface area contributed by atoms with Gasteiger partial charge < -0.3 is 5.32 Å². The molecule has 2 heterocycles. The molecule has 0 aliphatic rings. The monoisotopic (exact) mass is 362 g/mol. The number of anilines is 1. The second kappa shape index (κ2) is 6.84. The fourth-order valence-electron chi connectivity index (χ4n) is 2.27. The molecule has 8 heteroatoms. The number of aromatic nitrogens is 2. The molecule has 0 amide bonds. The number of benzene rings is 1. The van der Waals surface area contributed by atoms with Crippen molar-refractivity contribution in [3.63, 3.8) is 0 Å². The van der Waals surface area contributed by atoms with Gasteiger partial charge in [0.05, 0.1) is 16.7 Å². The number of likely N-dealkylation sites (N-methyl/N-ethyl adjacent to an activating group) is 1. The Bertz CT molecular complexity index is 940. The Labute approximate surface area is 145 Å². The molecule has 0 saturated heterocycles. The molecule has 0 bridgehead atoms. The quantitative estimate of drug-likeness (QED) is 0.730. The van der Waals surface area contributed by atoms with Gasteiger partial charge in [-0.25, -0.2) is 18.4 Å². The average molecular weight is 362 g/mol. The van der Waals surface area contributed by atoms with E-state index in [1.807, 2.05) is 31.2 Å². The third kappa shape index (κ3) is 3.40. The smallest absolute Gasteiger partial charge is 0.252 e. The molecule has 126 valence electrons. The van der Waals surface area contributed by atoms with E-state index < -0.39 is 10.0 Å². The Morgan fingerprint density at radius 1 is 1.12 bits per heavy atom. The molecule has 2 aromatic heterocycles. The van der Waals surface area contributed by atoms with Crippen molar-refractivity contribution in [1.82, 2.24) is 14.3 Å². The normalized spacial score (nSPS) is 12.0. The topological polar surface area (TPSA) is 75.2 Å². The lowest BCUT2D eigenvalue weighted by atomic mass is 10.3. The largest absolute Gasteiger partial charge is 0.367 e. The molecule has 0 aliphatic carbocycles. The van der Waals surface area contributed by atoms with Crippen molar-refractivity contribution in [2.45, 2.75) is 11.1 Å². The number of sulfonamides is 1. The highest BCUT2D eigenvalue weighted by Gasteiger charge is 2.21. The first kappa shape index (κ1) is 16.8. The standard InChI is InChI=1S/C16H18N4O2S2/c1-12-16(19-14-7-4-3-6-13(14)18-12)17-9-10-20(2)24(21,22)15-8-5-11-23-15/h3-8,11H,9-10H2,1-2H3,(H,17,19). The molecule has 0 spiro atoms. The van der Waals surface area contributed by atoms with Gasteiger partial charge >= 0.3 is 0 Å². The van der Waals surface area contributed by atoms with Gasteiger partial charge in [0.15, 0.2) is 0 Å². The van der Waals surface area contributed by atoms with Crippen LogP contribution in [0.2, 0.25) is 0 Å². The average Bonchev–Trinajstić information content (AvgIpc) is 3.10. The first-order valence-corrected chi connectivity index (χ1v) is 9.77. The molecule has 0 fully saturated rings. The summed E-state index contributed by atoms with van der Waals surface area (Å²) < 4.78 is 26.4. The second-order valence-corrected chi connectivity index (χ2v) is 8.55. The van der Waals surface area contributed by atoms with E-state index in [1.165, 1.54) is 15.6 Å². The van der Waals surface area contributed by atoms with Crippen LogP contribution in [0.4, 0.5) is 5.82 Å². The maximum atomic E-state index is 12.4. The molecule has 0 radical (unpaired) electrons. The van der Waals surface area contributed by atoms with Crippen molar-refractivity contribution in [2.75, 3.05) is 25.5 Å². The molecule has 3 rings (SSSR count). The van der Waals surface area contributed by atoms with Gasteiger partial charge in [-0.3, -0.25) is 0 Å². The minimum atomic E-state index is -3.42. The summed E-state index contributed by atoms with van der Waals surface area (Å²) in [5, 5.41) is 4.93. The van der Waals surface area contributed by atoms with Crippen LogP contribution in [0.5, 0.6) is 0 Å². The summed E-state index contributed by atoms with van der Waals surface area (Å²) >= 11 is 1.22. The third-order valence-electron chi connectivity index (χ3n) is 3.62. The predicted octanol–water partition coefficient (Wildman–Crippen LogP) is 2.73. The molecule has 3 aromatic rings. The van der Waals surface area contributed by atoms with Gasteiger partial charge in [-0.2, -0.15) is 4.31 Å². The Morgan fingerprint density at radius 3 is 2.50 bits per heavy atom. The zero-order chi connectivity index (χ0) is 17.2. The number of hydrogen-bond donors (Lipinski definition) is 1. The summed E-state index contributed by atoms with van der Waals surface area (Å²) in [7, 11) is -1.84. The summed E-state index contributed by atoms with van der Waals surface area (Å²) in [5.41, 5.74) is 2.44. The van der Waals surface area contributed by atoms with E-state index >= 15 is 0 Å². The van der Waals surface area contributed by atoms with Crippen LogP contribution in [0.15, 0.2) is 46.0 Å². The van der Waals surface area contributed by atoms with Crippen LogP contribution in [0, 0.1) is 6.92 Å². The lowest BCUT2D eigenvalue weighted by Gasteiger charge is -2.17. The van der Waals surface area contributed by atoms with E-state index in [2.05, 4.69) is 15.3 Å². The molecule has 0 aliphatic heterocycles. The second-order valence-electron chi connectivity index (χ2n) is 5.33. The van der Waals surface area contributed by atoms with E-state index in [0.29, 0.717) is 23.1 Å². The Balaban J connectivity index is 1.67. The Hall–Kier alpha value is -2.03. The van der Waals surface area contributed by atoms with Gasteiger partial charge in [0, 0.05) is 20.1 Å². The first-order valence-electron chi connectivity index (χ1n) is 7.45. The number of aryl methyl sites for hydroxylation is 1. The van der Waals surface area contributed by atoms with Crippen LogP contribution in [0.1, 0.15) is 5.69 Å². The van der Waals surface area contributed by atoms with Crippen molar-refractivity contribution in [3.8, 4) is 0 Å². The maximum absolute atomic E-state index is 12.4. The minimum Gasteiger partial charge on any atom is -0.367 e. The van der Waals surface area contributed by atoms with Gasteiger partial charge in [0.2, 0.25) is 0 Å². The van der Waals surface area contributed by atoms with Crippen LogP contribution in [0.3, 0.4) is 0 Å². The molecular weight excluding hydrogens is 344 g/mol. The fourth-order valence-corrected chi connectivity index (χ4v) is 4.64. The van der Waals surface area contributed by atoms with Crippen molar-refractivity contribution in [3.05, 3.63) is 47.5 Å². The highest BCUT2D eigenvalue weighted by atomic mass is 32.2. The number of hydrogen-bond acceptors (Lipinski definition) is 6. The van der Waals surface area contributed by atoms with E-state index in [4.69, 9.17) is 0 Å². The third-order valence-corrected chi connectivity index (χ3v) is 6.85. The van der Waals surface area contributed by atoms with Gasteiger partial charge in [0.25, 0.3) is 10.0 Å². The Morgan fingerprint density at radius 2 is 1.83 bits per heavy atom. The van der Waals surface area contributed by atoms with Crippen molar-refractivity contribution < 1.29 is 8.42 Å². The number of thiophene rings is 1. The van der Waals surface area contributed by atoms with E-state index in [1.54, 1.807) is 24.6 Å². The molecular formula is C16H18N4O2S2. The molecule has 0 atom stereocenters. The van der Waals surface area contributed by atoms with Crippen LogP contribution < -0.4 is 5.32 Å². The van der Waals surface area contributed by atoms with Gasteiger partial charge in [0.1, 0.15) is 10.0 Å². The lowest BCUT2D eigenvalue weighted by Crippen LogP contribution is -2.31. The summed E-state index contributed by atoms with van der Waals surface area (Å²) in [6, 6.07) is 11.0. The number of fused-ring (bicyclic) bond motifs is 1. The van der Waals surface area contributed by atoms with E-state index in [-0.39, 0.29) is 0 Å². The maximum Gasteiger partial charge on any atom is 0.252 e. The SMILES string of the molecule is Cc1nc2ccccc2nc1NCCN(C)S(=O)(=O)c1cccs1. The van der Waals surface area contributed by atoms with Gasteiger partial charge in [-0.15, -0.1) is 11.3 Å². The molecule has 1 aromatic carbocycles. The van der Waals surface area contributed by atoms with Crippen molar-refractivity contribution >= 4 is 38.2 Å². The lowest BCUT2D eigenvalue weighted by molar-refractivity contribution is 0.482. The Kier molecular flexibility index (Phi) is 4.79. The van der Waals surface area contributed by atoms with Crippen molar-refractivity contribution in [1.29, 1.82) is 0 Å². The highest BCUT2D eigenvalue weighted by molar-refractivity contribution is 7.91. The van der Waals surface area contributed by atoms with Crippen molar-refractivity contribution in [2.24, 2.45) is 0 Å². The summed E-state index contributed by atoms with van der Waals surface area (Å²) in [5.74, 6) is 0.677. The highest BCUT2D eigenvalue weighted by Crippen LogP contribution is 2.20. The number of rotatable bonds is 6. The number of para-hydroxylation sites is 2. The van der Waals surface area contributed by atoms with Gasteiger partial charge in [-0.05, 0) is 30.5 Å². The zero-order valence-electron chi connectivity index (χ0n) is 13.4. The fraction of sp³-hybridized carbons (Fsp3) is 0.250. The minimum absolute atomic E-state index is 0.341. The summed E-state index contributed by atoms with van der Waals surface area (Å²) in [6.07, 6.45) is 0. The van der Waals surface area contributed by atoms with Crippen LogP contribution in [-0.2, 0) is 10.0 Å². The summed E-state index contributed by atoms with van der Waals surface area (Å²) in [6.45, 7) is 2.68. The first-order chi connectivity index (χ1) is 11.5. The molecule has 1 N–H and O–H groups in total. The van der Waals surface area contributed by atoms with Gasteiger partial charge in [-0.1, -0.05) is 18.2 Å². The zero-order valence-corrected chi connectivity index (χ0v) is 15.1. The van der Waals surface area contributed by atoms with E-state index in [0.717, 1.165) is 16.7 Å². The molecule has 24 heavy (non-hydrogen) atoms. The predicted molar refractivity (Wildman–Crippen MR) is 96.9 cm³/mol. The molecule has 0 unspecified atom stereocenters.